The van der Waals surface area contributed by atoms with Crippen LogP contribution in [0, 0.1) is 0 Å². The summed E-state index contributed by atoms with van der Waals surface area (Å²) in [6.07, 6.45) is 4.53. The molecule has 2 heterocycles. The minimum atomic E-state index is -0.145. The molecule has 5 heteroatoms. The molecule has 78 valence electrons. The molecule has 1 fully saturated rings. The highest BCUT2D eigenvalue weighted by Gasteiger charge is 2.29. The summed E-state index contributed by atoms with van der Waals surface area (Å²) in [5, 5.41) is 7.94. The van der Waals surface area contributed by atoms with Crippen LogP contribution in [0.5, 0.6) is 0 Å². The van der Waals surface area contributed by atoms with Crippen molar-refractivity contribution < 1.29 is 4.74 Å². The van der Waals surface area contributed by atoms with Crippen molar-refractivity contribution in [1.82, 2.24) is 15.0 Å². The van der Waals surface area contributed by atoms with Crippen LogP contribution in [0.1, 0.15) is 18.5 Å². The third-order valence-electron chi connectivity index (χ3n) is 2.67. The Morgan fingerprint density at radius 3 is 2.86 bits per heavy atom. The van der Waals surface area contributed by atoms with Gasteiger partial charge in [0.1, 0.15) is 0 Å². The Morgan fingerprint density at radius 2 is 2.29 bits per heavy atom. The molecule has 0 spiro atoms. The van der Waals surface area contributed by atoms with Crippen molar-refractivity contribution in [3.63, 3.8) is 0 Å². The average Bonchev–Trinajstić information content (AvgIpc) is 2.51. The van der Waals surface area contributed by atoms with Crippen LogP contribution in [0.2, 0.25) is 0 Å². The molecular weight excluding hydrogens is 180 g/mol. The Balaban J connectivity index is 2.01. The van der Waals surface area contributed by atoms with Gasteiger partial charge in [0.2, 0.25) is 0 Å². The van der Waals surface area contributed by atoms with E-state index in [2.05, 4.69) is 10.3 Å². The first-order valence-corrected chi connectivity index (χ1v) is 4.90. The predicted octanol–water partition coefficient (Wildman–Crippen LogP) is -0.135. The third kappa shape index (κ3) is 2.10. The van der Waals surface area contributed by atoms with Gasteiger partial charge in [-0.15, -0.1) is 5.10 Å². The first-order chi connectivity index (χ1) is 6.68. The van der Waals surface area contributed by atoms with E-state index in [1.807, 2.05) is 13.2 Å². The minimum Gasteiger partial charge on any atom is -0.381 e. The molecule has 2 rings (SSSR count). The maximum absolute atomic E-state index is 6.24. The zero-order valence-corrected chi connectivity index (χ0v) is 8.44. The van der Waals surface area contributed by atoms with Gasteiger partial charge in [-0.05, 0) is 12.8 Å². The van der Waals surface area contributed by atoms with Crippen LogP contribution in [-0.2, 0) is 18.2 Å². The van der Waals surface area contributed by atoms with Crippen LogP contribution in [0.3, 0.4) is 0 Å². The summed E-state index contributed by atoms with van der Waals surface area (Å²) in [6.45, 7) is 1.52. The summed E-state index contributed by atoms with van der Waals surface area (Å²) in [4.78, 5) is 0. The Labute approximate surface area is 83.2 Å². The number of nitrogens with two attached hydrogens (primary N) is 1. The number of hydrogen-bond acceptors (Lipinski definition) is 4. The first kappa shape index (κ1) is 9.61. The Bertz CT molecular complexity index is 304. The molecule has 14 heavy (non-hydrogen) atoms. The van der Waals surface area contributed by atoms with Gasteiger partial charge in [-0.1, -0.05) is 5.21 Å². The van der Waals surface area contributed by atoms with E-state index >= 15 is 0 Å². The van der Waals surface area contributed by atoms with Crippen LogP contribution < -0.4 is 5.73 Å². The zero-order chi connectivity index (χ0) is 10.0. The highest BCUT2D eigenvalue weighted by atomic mass is 16.5. The van der Waals surface area contributed by atoms with Crippen LogP contribution >= 0.6 is 0 Å². The smallest absolute Gasteiger partial charge is 0.0845 e. The molecule has 0 amide bonds. The lowest BCUT2D eigenvalue weighted by Gasteiger charge is -2.32. The normalized spacial score (nSPS) is 21.0. The summed E-state index contributed by atoms with van der Waals surface area (Å²) in [7, 11) is 1.86. The van der Waals surface area contributed by atoms with Gasteiger partial charge in [-0.2, -0.15) is 0 Å². The molecule has 0 unspecified atom stereocenters. The van der Waals surface area contributed by atoms with Crippen molar-refractivity contribution in [2.45, 2.75) is 24.8 Å². The van der Waals surface area contributed by atoms with Crippen molar-refractivity contribution in [2.24, 2.45) is 12.8 Å². The first-order valence-electron chi connectivity index (χ1n) is 4.90. The highest BCUT2D eigenvalue weighted by Crippen LogP contribution is 2.21. The molecule has 0 atom stereocenters. The van der Waals surface area contributed by atoms with Crippen LogP contribution in [0.25, 0.3) is 0 Å². The lowest BCUT2D eigenvalue weighted by Crippen LogP contribution is -2.47. The lowest BCUT2D eigenvalue weighted by molar-refractivity contribution is 0.0530. The van der Waals surface area contributed by atoms with Crippen molar-refractivity contribution in [2.75, 3.05) is 13.2 Å². The van der Waals surface area contributed by atoms with Crippen molar-refractivity contribution >= 4 is 0 Å². The Hall–Kier alpha value is -0.940. The second-order valence-corrected chi connectivity index (χ2v) is 4.04. The number of aromatic nitrogens is 3. The molecular formula is C9H16N4O. The number of ether oxygens (including phenoxy) is 1. The molecule has 1 aromatic rings. The molecule has 1 saturated heterocycles. The molecule has 0 aromatic carbocycles. The van der Waals surface area contributed by atoms with Gasteiger partial charge < -0.3 is 10.5 Å². The summed E-state index contributed by atoms with van der Waals surface area (Å²) >= 11 is 0. The van der Waals surface area contributed by atoms with E-state index in [1.54, 1.807) is 4.68 Å². The molecule has 0 saturated carbocycles. The van der Waals surface area contributed by atoms with E-state index < -0.39 is 0 Å². The maximum atomic E-state index is 6.24. The molecule has 2 N–H and O–H groups in total. The van der Waals surface area contributed by atoms with E-state index in [4.69, 9.17) is 10.5 Å². The van der Waals surface area contributed by atoms with E-state index in [-0.39, 0.29) is 5.54 Å². The second kappa shape index (κ2) is 3.67. The lowest BCUT2D eigenvalue weighted by atomic mass is 9.87. The average molecular weight is 196 g/mol. The molecule has 1 aliphatic heterocycles. The summed E-state index contributed by atoms with van der Waals surface area (Å²) < 4.78 is 6.99. The van der Waals surface area contributed by atoms with E-state index in [9.17, 15) is 0 Å². The van der Waals surface area contributed by atoms with Gasteiger partial charge >= 0.3 is 0 Å². The molecule has 1 aromatic heterocycles. The fraction of sp³-hybridized carbons (Fsp3) is 0.778. The predicted molar refractivity (Wildman–Crippen MR) is 51.7 cm³/mol. The third-order valence-corrected chi connectivity index (χ3v) is 2.67. The standard InChI is InChI=1S/C9H16N4O/c1-13-7-8(11-12-13)6-9(10)2-4-14-5-3-9/h7H,2-6,10H2,1H3. The van der Waals surface area contributed by atoms with E-state index in [0.29, 0.717) is 0 Å². The topological polar surface area (TPSA) is 66.0 Å². The quantitative estimate of drug-likeness (QED) is 0.715. The number of aryl methyl sites for hydroxylation is 1. The fourth-order valence-corrected chi connectivity index (χ4v) is 1.79. The van der Waals surface area contributed by atoms with Crippen molar-refractivity contribution in [3.8, 4) is 0 Å². The molecule has 0 bridgehead atoms. The monoisotopic (exact) mass is 196 g/mol. The summed E-state index contributed by atoms with van der Waals surface area (Å²) in [5.41, 5.74) is 7.07. The number of hydrogen-bond donors (Lipinski definition) is 1. The van der Waals surface area contributed by atoms with Gasteiger partial charge in [-0.25, -0.2) is 0 Å². The van der Waals surface area contributed by atoms with Gasteiger partial charge in [0.05, 0.1) is 5.69 Å². The van der Waals surface area contributed by atoms with Crippen LogP contribution in [0.15, 0.2) is 6.20 Å². The molecule has 5 nitrogen and oxygen atoms in total. The van der Waals surface area contributed by atoms with Gasteiger partial charge in [-0.3, -0.25) is 4.68 Å². The van der Waals surface area contributed by atoms with E-state index in [0.717, 1.165) is 38.2 Å². The largest absolute Gasteiger partial charge is 0.381 e. The molecule has 0 aliphatic carbocycles. The highest BCUT2D eigenvalue weighted by molar-refractivity contribution is 5.02. The summed E-state index contributed by atoms with van der Waals surface area (Å²) in [6, 6.07) is 0. The summed E-state index contributed by atoms with van der Waals surface area (Å²) in [5.74, 6) is 0. The van der Waals surface area contributed by atoms with Crippen LogP contribution in [0.4, 0.5) is 0 Å². The van der Waals surface area contributed by atoms with Gasteiger partial charge in [0.25, 0.3) is 0 Å². The van der Waals surface area contributed by atoms with Gasteiger partial charge in [0.15, 0.2) is 0 Å². The SMILES string of the molecule is Cn1cc(CC2(N)CCOCC2)nn1. The minimum absolute atomic E-state index is 0.145. The van der Waals surface area contributed by atoms with E-state index in [1.165, 1.54) is 0 Å². The maximum Gasteiger partial charge on any atom is 0.0845 e. The van der Waals surface area contributed by atoms with Crippen LogP contribution in [-0.4, -0.2) is 33.7 Å². The number of nitrogens with zero attached hydrogens (tertiary/aromatic N) is 3. The van der Waals surface area contributed by atoms with Crippen molar-refractivity contribution in [1.29, 1.82) is 0 Å². The molecule has 0 radical (unpaired) electrons. The Morgan fingerprint density at radius 1 is 1.57 bits per heavy atom. The number of rotatable bonds is 2. The van der Waals surface area contributed by atoms with Gasteiger partial charge in [0, 0.05) is 38.4 Å². The molecule has 1 aliphatic rings. The Kier molecular flexibility index (Phi) is 2.52. The van der Waals surface area contributed by atoms with Crippen molar-refractivity contribution in [3.05, 3.63) is 11.9 Å². The fourth-order valence-electron chi connectivity index (χ4n) is 1.79. The zero-order valence-electron chi connectivity index (χ0n) is 8.44. The second-order valence-electron chi connectivity index (χ2n) is 4.04.